The van der Waals surface area contributed by atoms with Crippen molar-refractivity contribution in [3.8, 4) is 0 Å². The zero-order valence-electron chi connectivity index (χ0n) is 8.09. The summed E-state index contributed by atoms with van der Waals surface area (Å²) in [5.41, 5.74) is 0. The lowest BCUT2D eigenvalue weighted by atomic mass is 10.1. The Morgan fingerprint density at radius 3 is 2.67 bits per heavy atom. The average Bonchev–Trinajstić information content (AvgIpc) is 2.06. The number of hydrogen-bond acceptors (Lipinski definition) is 1. The van der Waals surface area contributed by atoms with E-state index in [0.717, 1.165) is 6.42 Å². The van der Waals surface area contributed by atoms with Crippen LogP contribution in [0.25, 0.3) is 0 Å². The van der Waals surface area contributed by atoms with Crippen molar-refractivity contribution in [2.45, 2.75) is 33.1 Å². The lowest BCUT2D eigenvalue weighted by Crippen LogP contribution is -1.85. The number of nitrogens with one attached hydrogen (secondary N) is 1. The van der Waals surface area contributed by atoms with E-state index in [2.05, 4.69) is 26.0 Å². The molecule has 0 saturated carbocycles. The van der Waals surface area contributed by atoms with Gasteiger partial charge in [0.2, 0.25) is 0 Å². The van der Waals surface area contributed by atoms with Gasteiger partial charge in [0.25, 0.3) is 0 Å². The Morgan fingerprint density at radius 2 is 2.08 bits per heavy atom. The smallest absolute Gasteiger partial charge is 0.0174 e. The van der Waals surface area contributed by atoms with Crippen LogP contribution in [0.1, 0.15) is 33.1 Å². The molecule has 12 heavy (non-hydrogen) atoms. The molecule has 0 aliphatic carbocycles. The maximum Gasteiger partial charge on any atom is 0.0174 e. The summed E-state index contributed by atoms with van der Waals surface area (Å²) in [7, 11) is 0. The highest BCUT2D eigenvalue weighted by Gasteiger charge is 1.90. The van der Waals surface area contributed by atoms with Crippen LogP contribution in [0.3, 0.4) is 0 Å². The van der Waals surface area contributed by atoms with Crippen LogP contribution in [0.15, 0.2) is 24.3 Å². The van der Waals surface area contributed by atoms with Crippen LogP contribution in [0.4, 0.5) is 0 Å². The molecule has 1 heteroatoms. The van der Waals surface area contributed by atoms with Crippen LogP contribution in [-0.4, -0.2) is 6.21 Å². The highest BCUT2D eigenvalue weighted by molar-refractivity contribution is 5.67. The predicted octanol–water partition coefficient (Wildman–Crippen LogP) is 3.57. The molecule has 1 atom stereocenters. The van der Waals surface area contributed by atoms with Gasteiger partial charge in [0.1, 0.15) is 0 Å². The first-order valence-corrected chi connectivity index (χ1v) is 4.63. The number of allylic oxidation sites excluding steroid dienone is 4. The molecule has 0 rings (SSSR count). The summed E-state index contributed by atoms with van der Waals surface area (Å²) >= 11 is 0. The molecule has 0 bridgehead atoms. The van der Waals surface area contributed by atoms with E-state index < -0.39 is 0 Å². The summed E-state index contributed by atoms with van der Waals surface area (Å²) in [6.07, 6.45) is 13.1. The lowest BCUT2D eigenvalue weighted by molar-refractivity contribution is 0.739. The predicted molar refractivity (Wildman–Crippen MR) is 55.8 cm³/mol. The summed E-state index contributed by atoms with van der Waals surface area (Å²) in [6, 6.07) is 0. The third-order valence-corrected chi connectivity index (χ3v) is 1.66. The molecule has 1 nitrogen and oxygen atoms in total. The Balaban J connectivity index is 3.50. The highest BCUT2D eigenvalue weighted by Crippen LogP contribution is 2.05. The van der Waals surface area contributed by atoms with Gasteiger partial charge in [0.05, 0.1) is 0 Å². The van der Waals surface area contributed by atoms with E-state index in [9.17, 15) is 0 Å². The Kier molecular flexibility index (Phi) is 7.66. The van der Waals surface area contributed by atoms with Gasteiger partial charge in [-0.05, 0) is 24.8 Å². The first kappa shape index (κ1) is 11.2. The molecule has 0 aromatic rings. The Hall–Kier alpha value is -0.850. The van der Waals surface area contributed by atoms with E-state index in [1.165, 1.54) is 19.1 Å². The normalized spacial score (nSPS) is 14.2. The Labute approximate surface area is 75.7 Å². The number of hydrogen-bond donors (Lipinski definition) is 1. The number of rotatable bonds is 6. The maximum absolute atomic E-state index is 6.79. The van der Waals surface area contributed by atoms with Gasteiger partial charge < -0.3 is 5.41 Å². The van der Waals surface area contributed by atoms with Crippen molar-refractivity contribution in [1.82, 2.24) is 0 Å². The molecular formula is C11H19N. The van der Waals surface area contributed by atoms with Crippen molar-refractivity contribution in [2.24, 2.45) is 5.92 Å². The summed E-state index contributed by atoms with van der Waals surface area (Å²) in [5, 5.41) is 6.79. The SMILES string of the molecule is CCC/C=C/C(C)C/C=C/C=N. The third-order valence-electron chi connectivity index (χ3n) is 1.66. The molecule has 0 radical (unpaired) electrons. The standard InChI is InChI=1S/C11H19N/c1-3-4-5-8-11(2)9-6-7-10-12/h5-8,10-12H,3-4,9H2,1-2H3/b7-6+,8-5+,12-10?. The zero-order valence-corrected chi connectivity index (χ0v) is 8.09. The van der Waals surface area contributed by atoms with Crippen LogP contribution in [0, 0.1) is 11.3 Å². The minimum atomic E-state index is 0.604. The van der Waals surface area contributed by atoms with E-state index in [1.807, 2.05) is 6.08 Å². The summed E-state index contributed by atoms with van der Waals surface area (Å²) in [4.78, 5) is 0. The van der Waals surface area contributed by atoms with E-state index in [-0.39, 0.29) is 0 Å². The molecule has 0 aromatic carbocycles. The fraction of sp³-hybridized carbons (Fsp3) is 0.545. The zero-order chi connectivity index (χ0) is 9.23. The van der Waals surface area contributed by atoms with Crippen LogP contribution in [0.2, 0.25) is 0 Å². The van der Waals surface area contributed by atoms with Crippen LogP contribution in [0.5, 0.6) is 0 Å². The quantitative estimate of drug-likeness (QED) is 0.459. The van der Waals surface area contributed by atoms with E-state index >= 15 is 0 Å². The van der Waals surface area contributed by atoms with Crippen molar-refractivity contribution < 1.29 is 0 Å². The lowest BCUT2D eigenvalue weighted by Gasteiger charge is -1.99. The topological polar surface area (TPSA) is 23.9 Å². The Bertz CT molecular complexity index is 156. The second-order valence-corrected chi connectivity index (χ2v) is 3.02. The van der Waals surface area contributed by atoms with Gasteiger partial charge in [-0.1, -0.05) is 38.5 Å². The molecule has 0 aliphatic heterocycles. The van der Waals surface area contributed by atoms with Gasteiger partial charge in [-0.15, -0.1) is 0 Å². The van der Waals surface area contributed by atoms with Crippen LogP contribution < -0.4 is 0 Å². The highest BCUT2D eigenvalue weighted by atomic mass is 14.3. The molecule has 0 spiro atoms. The van der Waals surface area contributed by atoms with Crippen molar-refractivity contribution in [3.05, 3.63) is 24.3 Å². The van der Waals surface area contributed by atoms with Gasteiger partial charge in [0, 0.05) is 6.21 Å². The van der Waals surface area contributed by atoms with Gasteiger partial charge in [0.15, 0.2) is 0 Å². The molecule has 0 heterocycles. The van der Waals surface area contributed by atoms with Crippen molar-refractivity contribution in [3.63, 3.8) is 0 Å². The van der Waals surface area contributed by atoms with Gasteiger partial charge in [-0.2, -0.15) is 0 Å². The second-order valence-electron chi connectivity index (χ2n) is 3.02. The minimum absolute atomic E-state index is 0.604. The summed E-state index contributed by atoms with van der Waals surface area (Å²) < 4.78 is 0. The van der Waals surface area contributed by atoms with Gasteiger partial charge in [-0.25, -0.2) is 0 Å². The second kappa shape index (κ2) is 8.25. The maximum atomic E-state index is 6.79. The van der Waals surface area contributed by atoms with Gasteiger partial charge >= 0.3 is 0 Å². The van der Waals surface area contributed by atoms with Crippen molar-refractivity contribution in [1.29, 1.82) is 5.41 Å². The van der Waals surface area contributed by atoms with Gasteiger partial charge in [-0.3, -0.25) is 0 Å². The molecule has 0 fully saturated rings. The monoisotopic (exact) mass is 165 g/mol. The average molecular weight is 165 g/mol. The summed E-state index contributed by atoms with van der Waals surface area (Å²) in [5.74, 6) is 0.604. The number of unbranched alkanes of at least 4 members (excludes halogenated alkanes) is 1. The largest absolute Gasteiger partial charge is 0.309 e. The molecule has 0 aromatic heterocycles. The fourth-order valence-corrected chi connectivity index (χ4v) is 0.935. The van der Waals surface area contributed by atoms with Crippen molar-refractivity contribution >= 4 is 6.21 Å². The minimum Gasteiger partial charge on any atom is -0.309 e. The fourth-order valence-electron chi connectivity index (χ4n) is 0.935. The molecule has 1 unspecified atom stereocenters. The van der Waals surface area contributed by atoms with Crippen LogP contribution in [-0.2, 0) is 0 Å². The first-order chi connectivity index (χ1) is 5.81. The summed E-state index contributed by atoms with van der Waals surface area (Å²) in [6.45, 7) is 4.38. The molecule has 68 valence electrons. The molecule has 1 N–H and O–H groups in total. The molecule has 0 amide bonds. The Morgan fingerprint density at radius 1 is 1.33 bits per heavy atom. The van der Waals surface area contributed by atoms with E-state index in [0.29, 0.717) is 5.92 Å². The van der Waals surface area contributed by atoms with Crippen LogP contribution >= 0.6 is 0 Å². The molecule has 0 saturated heterocycles. The molecular weight excluding hydrogens is 146 g/mol. The first-order valence-electron chi connectivity index (χ1n) is 4.63. The van der Waals surface area contributed by atoms with Crippen molar-refractivity contribution in [2.75, 3.05) is 0 Å². The third kappa shape index (κ3) is 7.26. The molecule has 0 aliphatic rings. The van der Waals surface area contributed by atoms with E-state index in [1.54, 1.807) is 6.08 Å². The van der Waals surface area contributed by atoms with E-state index in [4.69, 9.17) is 5.41 Å².